The number of halogens is 1. The Morgan fingerprint density at radius 2 is 2.53 bits per heavy atom. The first-order chi connectivity index (χ1) is 7.24. The van der Waals surface area contributed by atoms with Crippen LogP contribution in [0, 0.1) is 11.8 Å². The van der Waals surface area contributed by atoms with E-state index in [1.807, 2.05) is 0 Å². The van der Waals surface area contributed by atoms with Crippen molar-refractivity contribution in [2.24, 2.45) is 0 Å². The van der Waals surface area contributed by atoms with Crippen LogP contribution in [0.25, 0.3) is 0 Å². The van der Waals surface area contributed by atoms with E-state index < -0.39 is 0 Å². The van der Waals surface area contributed by atoms with Crippen LogP contribution in [-0.2, 0) is 0 Å². The van der Waals surface area contributed by atoms with Crippen LogP contribution in [-0.4, -0.2) is 30.6 Å². The Morgan fingerprint density at radius 3 is 3.20 bits per heavy atom. The van der Waals surface area contributed by atoms with Crippen molar-refractivity contribution in [3.63, 3.8) is 0 Å². The molecular weight excluding hydrogens is 195 g/mol. The third-order valence-corrected chi connectivity index (χ3v) is 2.10. The predicted molar refractivity (Wildman–Crippen MR) is 56.8 cm³/mol. The van der Waals surface area contributed by atoms with Crippen LogP contribution in [0.15, 0.2) is 11.9 Å². The molecule has 0 aromatic heterocycles. The maximum atomic E-state index is 12.9. The molecule has 0 unspecified atom stereocenters. The molecule has 0 spiro atoms. The van der Waals surface area contributed by atoms with Gasteiger partial charge in [0.25, 0.3) is 0 Å². The van der Waals surface area contributed by atoms with Crippen molar-refractivity contribution in [3.05, 3.63) is 11.9 Å². The molecule has 1 rings (SSSR count). The van der Waals surface area contributed by atoms with Crippen LogP contribution < -0.4 is 5.32 Å². The molecule has 3 nitrogen and oxygen atoms in total. The highest BCUT2D eigenvalue weighted by Gasteiger charge is 2.17. The maximum absolute atomic E-state index is 12.9. The Labute approximate surface area is 89.3 Å². The first-order valence-corrected chi connectivity index (χ1v) is 5.01. The zero-order valence-electron chi connectivity index (χ0n) is 8.85. The molecule has 0 aliphatic carbocycles. The van der Waals surface area contributed by atoms with Gasteiger partial charge in [0.1, 0.15) is 5.83 Å². The number of amides is 2. The highest BCUT2D eigenvalue weighted by Crippen LogP contribution is 2.09. The molecule has 2 amide bonds. The van der Waals surface area contributed by atoms with Crippen LogP contribution in [0.2, 0.25) is 0 Å². The van der Waals surface area contributed by atoms with Gasteiger partial charge in [-0.3, -0.25) is 0 Å². The van der Waals surface area contributed by atoms with Crippen LogP contribution >= 0.6 is 0 Å². The minimum Gasteiger partial charge on any atom is -0.337 e. The molecule has 4 heteroatoms. The van der Waals surface area contributed by atoms with E-state index in [-0.39, 0.29) is 18.4 Å². The number of nitrogens with zero attached hydrogens (tertiary/aromatic N) is 1. The van der Waals surface area contributed by atoms with E-state index >= 15 is 0 Å². The number of nitrogens with one attached hydrogen (secondary N) is 1. The second kappa shape index (κ2) is 6.07. The molecule has 0 saturated carbocycles. The van der Waals surface area contributed by atoms with Crippen molar-refractivity contribution in [3.8, 4) is 11.8 Å². The Bertz CT molecular complexity index is 314. The fourth-order valence-electron chi connectivity index (χ4n) is 1.35. The molecule has 1 aliphatic rings. The third kappa shape index (κ3) is 4.03. The lowest BCUT2D eigenvalue weighted by atomic mass is 10.2. The quantitative estimate of drug-likeness (QED) is 0.545. The van der Waals surface area contributed by atoms with Gasteiger partial charge in [-0.25, -0.2) is 9.18 Å². The average molecular weight is 210 g/mol. The van der Waals surface area contributed by atoms with Crippen LogP contribution in [0.1, 0.15) is 19.8 Å². The van der Waals surface area contributed by atoms with E-state index in [1.165, 1.54) is 11.0 Å². The standard InChI is InChI=1S/C11H15FN2O/c1-2-3-4-7-13-11(15)14-8-5-6-10(12)9-14/h6H,4-5,7-9H2,1H3,(H,13,15). The second-order valence-electron chi connectivity index (χ2n) is 3.27. The molecule has 1 aliphatic heterocycles. The Morgan fingerprint density at radius 1 is 1.73 bits per heavy atom. The van der Waals surface area contributed by atoms with Crippen molar-refractivity contribution in [1.82, 2.24) is 10.2 Å². The molecule has 0 bridgehead atoms. The zero-order valence-corrected chi connectivity index (χ0v) is 8.85. The molecule has 0 saturated heterocycles. The first-order valence-electron chi connectivity index (χ1n) is 5.01. The van der Waals surface area contributed by atoms with Gasteiger partial charge in [-0.2, -0.15) is 0 Å². The van der Waals surface area contributed by atoms with Crippen LogP contribution in [0.5, 0.6) is 0 Å². The summed E-state index contributed by atoms with van der Waals surface area (Å²) in [5.41, 5.74) is 0. The smallest absolute Gasteiger partial charge is 0.317 e. The zero-order chi connectivity index (χ0) is 11.1. The monoisotopic (exact) mass is 210 g/mol. The van der Waals surface area contributed by atoms with Gasteiger partial charge in [-0.05, 0) is 19.4 Å². The van der Waals surface area contributed by atoms with Gasteiger partial charge in [0.05, 0.1) is 6.54 Å². The number of rotatable bonds is 2. The van der Waals surface area contributed by atoms with Crippen molar-refractivity contribution in [2.45, 2.75) is 19.8 Å². The lowest BCUT2D eigenvalue weighted by Gasteiger charge is -2.24. The van der Waals surface area contributed by atoms with Gasteiger partial charge in [0.15, 0.2) is 0 Å². The summed E-state index contributed by atoms with van der Waals surface area (Å²) in [7, 11) is 0. The van der Waals surface area contributed by atoms with Gasteiger partial charge < -0.3 is 10.2 Å². The molecule has 1 N–H and O–H groups in total. The fraction of sp³-hybridized carbons (Fsp3) is 0.545. The highest BCUT2D eigenvalue weighted by molar-refractivity contribution is 5.74. The van der Waals surface area contributed by atoms with Crippen molar-refractivity contribution in [1.29, 1.82) is 0 Å². The fourth-order valence-corrected chi connectivity index (χ4v) is 1.35. The van der Waals surface area contributed by atoms with E-state index in [4.69, 9.17) is 0 Å². The predicted octanol–water partition coefficient (Wildman–Crippen LogP) is 1.67. The number of hydrogen-bond acceptors (Lipinski definition) is 1. The number of carbonyl (C=O) groups excluding carboxylic acids is 1. The summed E-state index contributed by atoms with van der Waals surface area (Å²) in [6, 6.07) is -0.212. The molecule has 1 heterocycles. The van der Waals surface area contributed by atoms with Crippen molar-refractivity contribution in [2.75, 3.05) is 19.6 Å². The molecular formula is C11H15FN2O. The van der Waals surface area contributed by atoms with E-state index in [9.17, 15) is 9.18 Å². The Kier molecular flexibility index (Phi) is 4.69. The molecule has 15 heavy (non-hydrogen) atoms. The summed E-state index contributed by atoms with van der Waals surface area (Å²) in [5.74, 6) is 5.36. The SMILES string of the molecule is CC#CCCNC(=O)N1CCC=C(F)C1. The summed E-state index contributed by atoms with van der Waals surface area (Å²) in [4.78, 5) is 12.9. The van der Waals surface area contributed by atoms with Gasteiger partial charge in [0.2, 0.25) is 0 Å². The average Bonchev–Trinajstić information content (AvgIpc) is 2.24. The third-order valence-electron chi connectivity index (χ3n) is 2.10. The van der Waals surface area contributed by atoms with Gasteiger partial charge >= 0.3 is 6.03 Å². The molecule has 0 aromatic rings. The molecule has 0 fully saturated rings. The van der Waals surface area contributed by atoms with Crippen LogP contribution in [0.4, 0.5) is 9.18 Å². The Hall–Kier alpha value is -1.50. The van der Waals surface area contributed by atoms with Gasteiger partial charge in [-0.1, -0.05) is 0 Å². The van der Waals surface area contributed by atoms with E-state index in [0.29, 0.717) is 25.9 Å². The molecule has 82 valence electrons. The highest BCUT2D eigenvalue weighted by atomic mass is 19.1. The number of carbonyl (C=O) groups is 1. The summed E-state index contributed by atoms with van der Waals surface area (Å²) in [5, 5.41) is 2.70. The molecule has 0 aromatic carbocycles. The Balaban J connectivity index is 2.27. The van der Waals surface area contributed by atoms with E-state index in [1.54, 1.807) is 6.92 Å². The van der Waals surface area contributed by atoms with E-state index in [0.717, 1.165) is 0 Å². The lowest BCUT2D eigenvalue weighted by molar-refractivity contribution is 0.197. The van der Waals surface area contributed by atoms with Gasteiger partial charge in [0, 0.05) is 19.5 Å². The first kappa shape index (κ1) is 11.6. The van der Waals surface area contributed by atoms with Crippen molar-refractivity contribution < 1.29 is 9.18 Å². The van der Waals surface area contributed by atoms with E-state index in [2.05, 4.69) is 17.2 Å². The maximum Gasteiger partial charge on any atom is 0.317 e. The molecule has 0 atom stereocenters. The summed E-state index contributed by atoms with van der Waals surface area (Å²) in [6.07, 6.45) is 2.74. The minimum atomic E-state index is -0.232. The minimum absolute atomic E-state index is 0.0886. The summed E-state index contributed by atoms with van der Waals surface area (Å²) < 4.78 is 12.9. The number of hydrogen-bond donors (Lipinski definition) is 1. The topological polar surface area (TPSA) is 32.3 Å². The molecule has 0 radical (unpaired) electrons. The largest absolute Gasteiger partial charge is 0.337 e. The van der Waals surface area contributed by atoms with Crippen molar-refractivity contribution >= 4 is 6.03 Å². The number of urea groups is 1. The second-order valence-corrected chi connectivity index (χ2v) is 3.27. The summed E-state index contributed by atoms with van der Waals surface area (Å²) >= 11 is 0. The normalized spacial score (nSPS) is 15.1. The summed E-state index contributed by atoms with van der Waals surface area (Å²) in [6.45, 7) is 2.94. The lowest BCUT2D eigenvalue weighted by Crippen LogP contribution is -2.42. The van der Waals surface area contributed by atoms with Gasteiger partial charge in [-0.15, -0.1) is 11.8 Å². The van der Waals surface area contributed by atoms with Crippen LogP contribution in [0.3, 0.4) is 0 Å².